The van der Waals surface area contributed by atoms with E-state index >= 15 is 0 Å². The number of hydrogen-bond acceptors (Lipinski definition) is 0. The van der Waals surface area contributed by atoms with Gasteiger partial charge in [-0.1, -0.05) is 65.5 Å². The molecular formula is C35H36F12P2. The summed E-state index contributed by atoms with van der Waals surface area (Å²) in [4.78, 5) is 0. The van der Waals surface area contributed by atoms with E-state index in [1.165, 1.54) is 0 Å². The van der Waals surface area contributed by atoms with Crippen molar-refractivity contribution in [3.8, 4) is 0 Å². The summed E-state index contributed by atoms with van der Waals surface area (Å²) in [6.45, 7) is 1.98. The summed E-state index contributed by atoms with van der Waals surface area (Å²) in [6, 6.07) is 1.64. The molecule has 0 N–H and O–H groups in total. The highest BCUT2D eigenvalue weighted by atomic mass is 31.1. The van der Waals surface area contributed by atoms with Crippen molar-refractivity contribution in [3.63, 3.8) is 0 Å². The van der Waals surface area contributed by atoms with Crippen LogP contribution in [0.15, 0.2) is 59.4 Å². The smallest absolute Gasteiger partial charge is 0.166 e. The normalized spacial score (nSPS) is 19.8. The van der Waals surface area contributed by atoms with Gasteiger partial charge in [-0.2, -0.15) is 52.7 Å². The molecule has 0 unspecified atom stereocenters. The molecule has 3 aliphatic carbocycles. The molecule has 3 aliphatic rings. The molecule has 5 rings (SSSR count). The average Bonchev–Trinajstić information content (AvgIpc) is 3.50. The zero-order valence-corrected chi connectivity index (χ0v) is 28.3. The second-order valence-electron chi connectivity index (χ2n) is 13.1. The van der Waals surface area contributed by atoms with Crippen molar-refractivity contribution >= 4 is 26.5 Å². The second-order valence-corrected chi connectivity index (χ2v) is 18.5. The molecule has 0 saturated heterocycles. The van der Waals surface area contributed by atoms with Gasteiger partial charge >= 0.3 is 24.7 Å². The standard InChI is InChI=1S/C35H36F12P2/c1-21(48(26-9-4-2-5-10-26)27-11-6-3-7-12-27)30-13-8-14-31(30)49(28-17-22(32(36,37)38)15-23(18-28)33(39,40)41)29-19-24(34(42,43)44)16-25(20-29)35(45,46)47/h8,13,15-21,26-27H,2-7,9-12,14H2,1H3/t21-/m1/s1. The van der Waals surface area contributed by atoms with E-state index in [9.17, 15) is 52.7 Å². The Morgan fingerprint density at radius 3 is 1.20 bits per heavy atom. The molecule has 14 heteroatoms. The van der Waals surface area contributed by atoms with Crippen LogP contribution in [0.2, 0.25) is 0 Å². The number of rotatable bonds is 7. The molecule has 0 bridgehead atoms. The molecule has 2 aromatic rings. The molecule has 1 atom stereocenters. The van der Waals surface area contributed by atoms with E-state index in [-0.39, 0.29) is 24.2 Å². The van der Waals surface area contributed by atoms with Gasteiger partial charge in [-0.3, -0.25) is 0 Å². The van der Waals surface area contributed by atoms with E-state index in [1.807, 2.05) is 6.92 Å². The van der Waals surface area contributed by atoms with Crippen LogP contribution < -0.4 is 10.6 Å². The monoisotopic (exact) mass is 746 g/mol. The van der Waals surface area contributed by atoms with Crippen LogP contribution in [0.1, 0.15) is 99.8 Å². The van der Waals surface area contributed by atoms with Crippen LogP contribution in [-0.4, -0.2) is 17.0 Å². The lowest BCUT2D eigenvalue weighted by molar-refractivity contribution is -0.144. The van der Waals surface area contributed by atoms with E-state index in [2.05, 4.69) is 0 Å². The lowest BCUT2D eigenvalue weighted by Crippen LogP contribution is -2.27. The zero-order valence-electron chi connectivity index (χ0n) is 26.6. The summed E-state index contributed by atoms with van der Waals surface area (Å²) < 4.78 is 169. The Balaban J connectivity index is 1.78. The first-order chi connectivity index (χ1) is 22.7. The second kappa shape index (κ2) is 14.5. The van der Waals surface area contributed by atoms with Gasteiger partial charge in [0.05, 0.1) is 22.3 Å². The summed E-state index contributed by atoms with van der Waals surface area (Å²) in [5, 5.41) is -0.915. The third-order valence-electron chi connectivity index (χ3n) is 9.76. The fourth-order valence-electron chi connectivity index (χ4n) is 7.56. The fourth-order valence-corrected chi connectivity index (χ4v) is 14.8. The van der Waals surface area contributed by atoms with Crippen LogP contribution >= 0.6 is 15.8 Å². The Morgan fingerprint density at radius 2 is 0.878 bits per heavy atom. The van der Waals surface area contributed by atoms with Crippen LogP contribution in [0.3, 0.4) is 0 Å². The van der Waals surface area contributed by atoms with Crippen molar-refractivity contribution in [2.45, 2.75) is 119 Å². The number of alkyl halides is 12. The van der Waals surface area contributed by atoms with Crippen molar-refractivity contribution in [2.24, 2.45) is 0 Å². The molecule has 0 radical (unpaired) electrons. The minimum absolute atomic E-state index is 0.0148. The summed E-state index contributed by atoms with van der Waals surface area (Å²) in [7, 11) is -3.49. The van der Waals surface area contributed by atoms with Gasteiger partial charge in [-0.25, -0.2) is 0 Å². The van der Waals surface area contributed by atoms with Crippen LogP contribution in [0.4, 0.5) is 52.7 Å². The maximum absolute atomic E-state index is 14.1. The lowest BCUT2D eigenvalue weighted by Gasteiger charge is -2.43. The number of benzene rings is 2. The highest BCUT2D eigenvalue weighted by molar-refractivity contribution is 7.77. The Morgan fingerprint density at radius 1 is 0.531 bits per heavy atom. The Bertz CT molecular complexity index is 1380. The SMILES string of the molecule is C[C@H](C1=C(P(c2cc(C(F)(F)F)cc(C(F)(F)F)c2)c2cc(C(F)(F)F)cc(C(F)(F)F)c2)CC=C1)P(C1CCCCC1)C1CCCCC1. The van der Waals surface area contributed by atoms with E-state index in [0.29, 0.717) is 46.5 Å². The predicted molar refractivity (Wildman–Crippen MR) is 170 cm³/mol. The van der Waals surface area contributed by atoms with E-state index in [4.69, 9.17) is 0 Å². The molecule has 2 saturated carbocycles. The van der Waals surface area contributed by atoms with Gasteiger partial charge in [0.2, 0.25) is 0 Å². The number of allylic oxidation sites excluding steroid dienone is 4. The van der Waals surface area contributed by atoms with Crippen LogP contribution in [0.5, 0.6) is 0 Å². The minimum Gasteiger partial charge on any atom is -0.166 e. The molecule has 0 nitrogen and oxygen atoms in total. The molecular weight excluding hydrogens is 710 g/mol. The van der Waals surface area contributed by atoms with Crippen molar-refractivity contribution in [1.29, 1.82) is 0 Å². The largest absolute Gasteiger partial charge is 0.416 e. The number of hydrogen-bond donors (Lipinski definition) is 0. The van der Waals surface area contributed by atoms with Gasteiger partial charge in [-0.15, -0.1) is 0 Å². The van der Waals surface area contributed by atoms with Gasteiger partial charge < -0.3 is 0 Å². The third-order valence-corrected chi connectivity index (χ3v) is 16.2. The van der Waals surface area contributed by atoms with E-state index in [1.54, 1.807) is 12.2 Å². The molecule has 0 amide bonds. The molecule has 0 aliphatic heterocycles. The van der Waals surface area contributed by atoms with Gasteiger partial charge in [0.1, 0.15) is 0 Å². The first-order valence-corrected chi connectivity index (χ1v) is 19.2. The maximum Gasteiger partial charge on any atom is 0.416 e. The molecule has 0 aromatic heterocycles. The number of halogens is 12. The minimum atomic E-state index is -5.27. The quantitative estimate of drug-likeness (QED) is 0.196. The zero-order chi connectivity index (χ0) is 35.9. The Hall–Kier alpha value is -2.06. The molecule has 0 heterocycles. The van der Waals surface area contributed by atoms with Crippen LogP contribution in [-0.2, 0) is 24.7 Å². The predicted octanol–water partition coefficient (Wildman–Crippen LogP) is 12.9. The van der Waals surface area contributed by atoms with Crippen LogP contribution in [0, 0.1) is 0 Å². The van der Waals surface area contributed by atoms with E-state index < -0.39 is 73.4 Å². The fraction of sp³-hybridized carbons (Fsp3) is 0.543. The Kier molecular flexibility index (Phi) is 11.3. The van der Waals surface area contributed by atoms with Gasteiger partial charge in [-0.05, 0) is 109 Å². The molecule has 2 fully saturated rings. The summed E-state index contributed by atoms with van der Waals surface area (Å²) in [5.41, 5.74) is -5.58. The average molecular weight is 747 g/mol. The van der Waals surface area contributed by atoms with Crippen LogP contribution in [0.25, 0.3) is 0 Å². The van der Waals surface area contributed by atoms with Crippen molar-refractivity contribution in [2.75, 3.05) is 0 Å². The van der Waals surface area contributed by atoms with E-state index in [0.717, 1.165) is 64.2 Å². The molecule has 270 valence electrons. The highest BCUT2D eigenvalue weighted by Gasteiger charge is 2.43. The summed E-state index contributed by atoms with van der Waals surface area (Å²) in [5.74, 6) is 0. The lowest BCUT2D eigenvalue weighted by atomic mass is 9.99. The Labute approximate surface area is 279 Å². The maximum atomic E-state index is 14.1. The van der Waals surface area contributed by atoms with Crippen molar-refractivity contribution in [1.82, 2.24) is 0 Å². The van der Waals surface area contributed by atoms with Gasteiger partial charge in [0.15, 0.2) is 0 Å². The van der Waals surface area contributed by atoms with Crippen molar-refractivity contribution in [3.05, 3.63) is 81.7 Å². The van der Waals surface area contributed by atoms with Crippen molar-refractivity contribution < 1.29 is 52.7 Å². The highest BCUT2D eigenvalue weighted by Crippen LogP contribution is 2.63. The molecule has 2 aromatic carbocycles. The summed E-state index contributed by atoms with van der Waals surface area (Å²) in [6.07, 6.45) is -7.42. The van der Waals surface area contributed by atoms with Gasteiger partial charge in [0.25, 0.3) is 0 Å². The molecule has 0 spiro atoms. The molecule has 49 heavy (non-hydrogen) atoms. The topological polar surface area (TPSA) is 0 Å². The van der Waals surface area contributed by atoms with Gasteiger partial charge in [0, 0.05) is 5.66 Å². The first kappa shape index (κ1) is 38.2. The first-order valence-electron chi connectivity index (χ1n) is 16.3. The summed E-state index contributed by atoms with van der Waals surface area (Å²) >= 11 is 0. The third kappa shape index (κ3) is 8.88.